The number of amides is 1. The van der Waals surface area contributed by atoms with Gasteiger partial charge in [-0.15, -0.1) is 5.54 Å². The van der Waals surface area contributed by atoms with Crippen LogP contribution in [0.4, 0.5) is 4.79 Å². The zero-order chi connectivity index (χ0) is 19.4. The quantitative estimate of drug-likeness (QED) is 0.641. The van der Waals surface area contributed by atoms with E-state index in [-0.39, 0.29) is 12.6 Å². The van der Waals surface area contributed by atoms with Gasteiger partial charge in [0, 0.05) is 0 Å². The molecule has 1 amide bonds. The van der Waals surface area contributed by atoms with Gasteiger partial charge in [-0.2, -0.15) is 0 Å². The molecule has 27 heavy (non-hydrogen) atoms. The van der Waals surface area contributed by atoms with Gasteiger partial charge < -0.3 is 9.84 Å². The van der Waals surface area contributed by atoms with Gasteiger partial charge in [0.1, 0.15) is 26.8 Å². The normalized spacial score (nSPS) is 19.0. The van der Waals surface area contributed by atoms with Crippen LogP contribution in [0.1, 0.15) is 23.3 Å². The van der Waals surface area contributed by atoms with Crippen molar-refractivity contribution in [3.05, 3.63) is 71.8 Å². The Balaban J connectivity index is 2.02. The predicted molar refractivity (Wildman–Crippen MR) is 109 cm³/mol. The van der Waals surface area contributed by atoms with Crippen LogP contribution in [0.5, 0.6) is 0 Å². The second kappa shape index (κ2) is 7.99. The molecule has 1 N–H and O–H groups in total. The molecule has 0 bridgehead atoms. The molecule has 0 aliphatic carbocycles. The molecular weight excluding hydrogens is 354 g/mol. The van der Waals surface area contributed by atoms with Gasteiger partial charge in [-0.3, -0.25) is 4.90 Å². The van der Waals surface area contributed by atoms with Gasteiger partial charge in [0.2, 0.25) is 0 Å². The highest BCUT2D eigenvalue weighted by Crippen LogP contribution is 2.34. The summed E-state index contributed by atoms with van der Waals surface area (Å²) in [4.78, 5) is 14.2. The molecule has 140 valence electrons. The number of hydrogen-bond donors (Lipinski definition) is 1. The number of carbonyl (C=O) groups excluding carboxylic acids is 1. The number of hydrogen-bond acceptors (Lipinski definition) is 3. The van der Waals surface area contributed by atoms with E-state index in [1.54, 1.807) is 4.90 Å². The highest BCUT2D eigenvalue weighted by atomic mass is 28.3. The first-order chi connectivity index (χ1) is 12.9. The van der Waals surface area contributed by atoms with Crippen LogP contribution in [0.3, 0.4) is 0 Å². The smallest absolute Gasteiger partial charge is 0.411 e. The fraction of sp³-hybridized carbons (Fsp3) is 0.318. The summed E-state index contributed by atoms with van der Waals surface area (Å²) >= 11 is 0. The Morgan fingerprint density at radius 3 is 2.26 bits per heavy atom. The van der Waals surface area contributed by atoms with Crippen molar-refractivity contribution in [1.29, 1.82) is 0 Å². The molecule has 5 heteroatoms. The van der Waals surface area contributed by atoms with Gasteiger partial charge in [-0.25, -0.2) is 4.79 Å². The number of benzene rings is 2. The molecule has 4 nitrogen and oxygen atoms in total. The van der Waals surface area contributed by atoms with Crippen molar-refractivity contribution >= 4 is 14.2 Å². The van der Waals surface area contributed by atoms with Crippen molar-refractivity contribution in [2.75, 3.05) is 6.61 Å². The molecule has 2 aromatic rings. The summed E-state index contributed by atoms with van der Waals surface area (Å²) < 4.78 is 5.35. The summed E-state index contributed by atoms with van der Waals surface area (Å²) in [6, 6.07) is 18.2. The van der Waals surface area contributed by atoms with Crippen LogP contribution in [-0.4, -0.2) is 36.8 Å². The topological polar surface area (TPSA) is 49.8 Å². The number of rotatable bonds is 4. The lowest BCUT2D eigenvalue weighted by Crippen LogP contribution is -2.41. The SMILES string of the molecule is C[Si](C)(C)C#CC(C(O)c1ccccc1)N1C(=O)OCC1c1ccccc1. The third kappa shape index (κ3) is 4.59. The zero-order valence-corrected chi connectivity index (χ0v) is 16.9. The van der Waals surface area contributed by atoms with E-state index in [2.05, 4.69) is 31.1 Å². The summed E-state index contributed by atoms with van der Waals surface area (Å²) in [6.07, 6.45) is -1.35. The lowest BCUT2D eigenvalue weighted by molar-refractivity contribution is 0.0818. The van der Waals surface area contributed by atoms with Gasteiger partial charge in [-0.1, -0.05) is 86.2 Å². The molecule has 3 unspecified atom stereocenters. The van der Waals surface area contributed by atoms with Crippen molar-refractivity contribution in [2.24, 2.45) is 0 Å². The molecule has 1 fully saturated rings. The third-order valence-electron chi connectivity index (χ3n) is 4.43. The summed E-state index contributed by atoms with van der Waals surface area (Å²) in [5.41, 5.74) is 5.03. The first-order valence-corrected chi connectivity index (χ1v) is 12.6. The van der Waals surface area contributed by atoms with E-state index in [1.165, 1.54) is 0 Å². The molecule has 0 aromatic heterocycles. The number of aliphatic hydroxyl groups excluding tert-OH is 1. The van der Waals surface area contributed by atoms with Crippen LogP contribution in [-0.2, 0) is 4.74 Å². The van der Waals surface area contributed by atoms with Crippen LogP contribution in [0.15, 0.2) is 60.7 Å². The van der Waals surface area contributed by atoms with Crippen molar-refractivity contribution in [2.45, 2.75) is 37.8 Å². The van der Waals surface area contributed by atoms with Crippen LogP contribution < -0.4 is 0 Å². The van der Waals surface area contributed by atoms with Gasteiger partial charge in [0.15, 0.2) is 0 Å². The minimum atomic E-state index is -1.69. The second-order valence-corrected chi connectivity index (χ2v) is 12.5. The molecular formula is C22H25NO3Si. The molecule has 1 saturated heterocycles. The second-order valence-electron chi connectivity index (χ2n) is 7.73. The Kier molecular flexibility index (Phi) is 5.69. The average molecular weight is 380 g/mol. The summed E-state index contributed by atoms with van der Waals surface area (Å²) in [6.45, 7) is 6.68. The van der Waals surface area contributed by atoms with Gasteiger partial charge in [-0.05, 0) is 11.1 Å². The van der Waals surface area contributed by atoms with Crippen LogP contribution >= 0.6 is 0 Å². The first kappa shape index (κ1) is 19.2. The molecule has 3 rings (SSSR count). The van der Waals surface area contributed by atoms with Crippen LogP contribution in [0, 0.1) is 11.5 Å². The molecule has 1 aliphatic rings. The number of cyclic esters (lactones) is 1. The lowest BCUT2D eigenvalue weighted by atomic mass is 9.98. The fourth-order valence-corrected chi connectivity index (χ4v) is 3.68. The van der Waals surface area contributed by atoms with E-state index in [0.717, 1.165) is 11.1 Å². The Hall–Kier alpha value is -2.55. The van der Waals surface area contributed by atoms with Crippen molar-refractivity contribution in [3.8, 4) is 11.5 Å². The first-order valence-electron chi connectivity index (χ1n) is 9.12. The maximum Gasteiger partial charge on any atom is 0.411 e. The Bertz CT molecular complexity index is 837. The monoisotopic (exact) mass is 379 g/mol. The van der Waals surface area contributed by atoms with Crippen LogP contribution in [0.2, 0.25) is 19.6 Å². The number of carbonyl (C=O) groups is 1. The number of nitrogens with zero attached hydrogens (tertiary/aromatic N) is 1. The lowest BCUT2D eigenvalue weighted by Gasteiger charge is -2.31. The molecule has 1 aliphatic heterocycles. The van der Waals surface area contributed by atoms with Crippen molar-refractivity contribution in [1.82, 2.24) is 4.90 Å². The molecule has 2 aromatic carbocycles. The van der Waals surface area contributed by atoms with E-state index >= 15 is 0 Å². The fourth-order valence-electron chi connectivity index (χ4n) is 3.10. The summed E-state index contributed by atoms with van der Waals surface area (Å²) in [7, 11) is -1.69. The molecule has 1 heterocycles. The maximum atomic E-state index is 12.6. The minimum Gasteiger partial charge on any atom is -0.447 e. The standard InChI is InChI=1S/C22H25NO3Si/c1-27(2,3)15-14-19(21(24)18-12-8-5-9-13-18)23-20(16-26-22(23)25)17-10-6-4-7-11-17/h4-13,19-21,24H,16H2,1-3H3. The van der Waals surface area contributed by atoms with E-state index < -0.39 is 26.3 Å². The number of aliphatic hydroxyl groups is 1. The Labute approximate surface area is 161 Å². The predicted octanol–water partition coefficient (Wildman–Crippen LogP) is 4.16. The Morgan fingerprint density at radius 2 is 1.67 bits per heavy atom. The zero-order valence-electron chi connectivity index (χ0n) is 15.9. The Morgan fingerprint density at radius 1 is 1.07 bits per heavy atom. The molecule has 0 saturated carbocycles. The number of ether oxygens (including phenoxy) is 1. The highest BCUT2D eigenvalue weighted by molar-refractivity contribution is 6.83. The van der Waals surface area contributed by atoms with E-state index in [4.69, 9.17) is 4.74 Å². The summed E-state index contributed by atoms with van der Waals surface area (Å²) in [5, 5.41) is 11.1. The largest absolute Gasteiger partial charge is 0.447 e. The average Bonchev–Trinajstić information content (AvgIpc) is 3.04. The minimum absolute atomic E-state index is 0.259. The molecule has 0 radical (unpaired) electrons. The molecule has 0 spiro atoms. The summed E-state index contributed by atoms with van der Waals surface area (Å²) in [5.74, 6) is 3.22. The van der Waals surface area contributed by atoms with Crippen molar-refractivity contribution in [3.63, 3.8) is 0 Å². The maximum absolute atomic E-state index is 12.6. The van der Waals surface area contributed by atoms with Gasteiger partial charge in [0.05, 0.1) is 6.04 Å². The third-order valence-corrected chi connectivity index (χ3v) is 5.32. The van der Waals surface area contributed by atoms with E-state index in [1.807, 2.05) is 60.7 Å². The van der Waals surface area contributed by atoms with E-state index in [0.29, 0.717) is 0 Å². The van der Waals surface area contributed by atoms with Gasteiger partial charge >= 0.3 is 6.09 Å². The molecule has 3 atom stereocenters. The highest BCUT2D eigenvalue weighted by Gasteiger charge is 2.41. The van der Waals surface area contributed by atoms with E-state index in [9.17, 15) is 9.90 Å². The van der Waals surface area contributed by atoms with Crippen molar-refractivity contribution < 1.29 is 14.6 Å². The van der Waals surface area contributed by atoms with Gasteiger partial charge in [0.25, 0.3) is 0 Å². The van der Waals surface area contributed by atoms with Crippen LogP contribution in [0.25, 0.3) is 0 Å².